The predicted octanol–water partition coefficient (Wildman–Crippen LogP) is 3.44. The van der Waals surface area contributed by atoms with Crippen LogP contribution >= 0.6 is 11.8 Å². The van der Waals surface area contributed by atoms with E-state index >= 15 is 0 Å². The molecular weight excluding hydrogens is 322 g/mol. The lowest BCUT2D eigenvalue weighted by Crippen LogP contribution is -2.26. The molecule has 1 aliphatic rings. The van der Waals surface area contributed by atoms with Crippen molar-refractivity contribution in [3.8, 4) is 6.07 Å². The number of hydrogen-bond donors (Lipinski definition) is 2. The number of carbonyl (C=O) groups excluding carboxylic acids is 2. The van der Waals surface area contributed by atoms with Gasteiger partial charge in [-0.05, 0) is 42.8 Å². The summed E-state index contributed by atoms with van der Waals surface area (Å²) in [6, 6.07) is 14.5. The highest BCUT2D eigenvalue weighted by Crippen LogP contribution is 2.36. The highest BCUT2D eigenvalue weighted by atomic mass is 32.2. The van der Waals surface area contributed by atoms with Gasteiger partial charge in [-0.15, -0.1) is 11.8 Å². The molecule has 120 valence electrons. The van der Waals surface area contributed by atoms with Crippen molar-refractivity contribution in [2.24, 2.45) is 0 Å². The molecule has 1 unspecified atom stereocenters. The second-order valence-corrected chi connectivity index (χ2v) is 6.83. The van der Waals surface area contributed by atoms with Gasteiger partial charge in [-0.3, -0.25) is 9.59 Å². The fourth-order valence-corrected chi connectivity index (χ4v) is 3.28. The standard InChI is InChI=1S/C18H15N3O2S/c1-11-17(22)21-15-10-13(4-7-16(15)24-11)18(23)20-14-5-2-12(3-6-14)8-9-19/h2-7,10-11H,8H2,1H3,(H,20,23)(H,21,22). The van der Waals surface area contributed by atoms with Crippen LogP contribution in [0.15, 0.2) is 47.4 Å². The summed E-state index contributed by atoms with van der Waals surface area (Å²) in [7, 11) is 0. The van der Waals surface area contributed by atoms with Gasteiger partial charge in [0.2, 0.25) is 5.91 Å². The van der Waals surface area contributed by atoms with Crippen molar-refractivity contribution in [3.05, 3.63) is 53.6 Å². The number of carbonyl (C=O) groups is 2. The van der Waals surface area contributed by atoms with Crippen LogP contribution in [-0.4, -0.2) is 17.1 Å². The van der Waals surface area contributed by atoms with Gasteiger partial charge in [-0.1, -0.05) is 12.1 Å². The van der Waals surface area contributed by atoms with E-state index in [2.05, 4.69) is 16.7 Å². The summed E-state index contributed by atoms with van der Waals surface area (Å²) < 4.78 is 0. The van der Waals surface area contributed by atoms with Gasteiger partial charge in [-0.2, -0.15) is 5.26 Å². The van der Waals surface area contributed by atoms with Crippen LogP contribution < -0.4 is 10.6 Å². The molecule has 6 heteroatoms. The summed E-state index contributed by atoms with van der Waals surface area (Å²) >= 11 is 1.48. The van der Waals surface area contributed by atoms with Gasteiger partial charge >= 0.3 is 0 Å². The Kier molecular flexibility index (Phi) is 4.54. The number of anilines is 2. The number of fused-ring (bicyclic) bond motifs is 1. The van der Waals surface area contributed by atoms with E-state index in [0.29, 0.717) is 23.4 Å². The van der Waals surface area contributed by atoms with Gasteiger partial charge in [0.15, 0.2) is 0 Å². The maximum Gasteiger partial charge on any atom is 0.255 e. The zero-order valence-electron chi connectivity index (χ0n) is 13.0. The number of benzene rings is 2. The van der Waals surface area contributed by atoms with E-state index in [1.165, 1.54) is 11.8 Å². The van der Waals surface area contributed by atoms with E-state index in [1.807, 2.05) is 25.1 Å². The Hall–Kier alpha value is -2.78. The Morgan fingerprint density at radius 3 is 2.75 bits per heavy atom. The molecule has 2 N–H and O–H groups in total. The summed E-state index contributed by atoms with van der Waals surface area (Å²) in [5.41, 5.74) is 2.70. The number of thioether (sulfide) groups is 1. The molecular formula is C18H15N3O2S. The van der Waals surface area contributed by atoms with Crippen LogP contribution in [0.5, 0.6) is 0 Å². The lowest BCUT2D eigenvalue weighted by atomic mass is 10.1. The lowest BCUT2D eigenvalue weighted by molar-refractivity contribution is -0.115. The first-order chi connectivity index (χ1) is 11.6. The van der Waals surface area contributed by atoms with Crippen molar-refractivity contribution in [1.29, 1.82) is 5.26 Å². The number of hydrogen-bond acceptors (Lipinski definition) is 4. The topological polar surface area (TPSA) is 82.0 Å². The first-order valence-corrected chi connectivity index (χ1v) is 8.33. The number of nitrogens with one attached hydrogen (secondary N) is 2. The largest absolute Gasteiger partial charge is 0.324 e. The number of rotatable bonds is 3. The van der Waals surface area contributed by atoms with Crippen molar-refractivity contribution >= 4 is 35.0 Å². The maximum absolute atomic E-state index is 12.4. The van der Waals surface area contributed by atoms with Gasteiger partial charge in [-0.25, -0.2) is 0 Å². The molecule has 1 heterocycles. The molecule has 24 heavy (non-hydrogen) atoms. The average molecular weight is 337 g/mol. The lowest BCUT2D eigenvalue weighted by Gasteiger charge is -2.21. The molecule has 0 aliphatic carbocycles. The van der Waals surface area contributed by atoms with Crippen LogP contribution in [0.4, 0.5) is 11.4 Å². The average Bonchev–Trinajstić information content (AvgIpc) is 2.57. The van der Waals surface area contributed by atoms with Crippen LogP contribution in [0.25, 0.3) is 0 Å². The van der Waals surface area contributed by atoms with Gasteiger partial charge in [0.25, 0.3) is 5.91 Å². The maximum atomic E-state index is 12.4. The first-order valence-electron chi connectivity index (χ1n) is 7.45. The molecule has 1 atom stereocenters. The van der Waals surface area contributed by atoms with Crippen LogP contribution in [0.2, 0.25) is 0 Å². The Labute approximate surface area is 144 Å². The Bertz CT molecular complexity index is 840. The molecule has 0 fully saturated rings. The highest BCUT2D eigenvalue weighted by molar-refractivity contribution is 8.00. The second-order valence-electron chi connectivity index (χ2n) is 5.45. The Morgan fingerprint density at radius 1 is 1.29 bits per heavy atom. The minimum Gasteiger partial charge on any atom is -0.324 e. The summed E-state index contributed by atoms with van der Waals surface area (Å²) in [4.78, 5) is 25.1. The molecule has 2 aromatic carbocycles. The van der Waals surface area contributed by atoms with Crippen molar-refractivity contribution in [2.45, 2.75) is 23.5 Å². The van der Waals surface area contributed by atoms with E-state index in [4.69, 9.17) is 5.26 Å². The molecule has 3 rings (SSSR count). The summed E-state index contributed by atoms with van der Waals surface area (Å²) in [6.07, 6.45) is 0.342. The van der Waals surface area contributed by atoms with Crippen LogP contribution in [0.3, 0.4) is 0 Å². The summed E-state index contributed by atoms with van der Waals surface area (Å²) in [5.74, 6) is -0.304. The van der Waals surface area contributed by atoms with E-state index in [-0.39, 0.29) is 17.1 Å². The molecule has 5 nitrogen and oxygen atoms in total. The van der Waals surface area contributed by atoms with Gasteiger partial charge in [0, 0.05) is 16.1 Å². The fraction of sp³-hybridized carbons (Fsp3) is 0.167. The number of amides is 2. The smallest absolute Gasteiger partial charge is 0.255 e. The van der Waals surface area contributed by atoms with Crippen LogP contribution in [-0.2, 0) is 11.2 Å². The minimum atomic E-state index is -0.247. The zero-order valence-corrected chi connectivity index (χ0v) is 13.8. The molecule has 0 saturated heterocycles. The van der Waals surface area contributed by atoms with Gasteiger partial charge < -0.3 is 10.6 Å². The normalized spacial score (nSPS) is 15.8. The molecule has 1 aliphatic heterocycles. The minimum absolute atomic E-state index is 0.0573. The van der Waals surface area contributed by atoms with Crippen LogP contribution in [0.1, 0.15) is 22.8 Å². The highest BCUT2D eigenvalue weighted by Gasteiger charge is 2.23. The molecule has 2 amide bonds. The molecule has 0 aromatic heterocycles. The molecule has 0 radical (unpaired) electrons. The van der Waals surface area contributed by atoms with E-state index in [1.54, 1.807) is 24.3 Å². The van der Waals surface area contributed by atoms with Crippen molar-refractivity contribution < 1.29 is 9.59 Å². The monoisotopic (exact) mass is 337 g/mol. The second kappa shape index (κ2) is 6.77. The van der Waals surface area contributed by atoms with E-state index in [9.17, 15) is 9.59 Å². The Morgan fingerprint density at radius 2 is 2.04 bits per heavy atom. The molecule has 2 aromatic rings. The van der Waals surface area contributed by atoms with Crippen LogP contribution in [0, 0.1) is 11.3 Å². The fourth-order valence-electron chi connectivity index (χ4n) is 2.35. The zero-order chi connectivity index (χ0) is 17.1. The number of nitriles is 1. The third-order valence-corrected chi connectivity index (χ3v) is 4.85. The first kappa shape index (κ1) is 16.1. The van der Waals surface area contributed by atoms with E-state index < -0.39 is 0 Å². The molecule has 0 saturated carbocycles. The molecule has 0 spiro atoms. The van der Waals surface area contributed by atoms with Crippen molar-refractivity contribution in [2.75, 3.05) is 10.6 Å². The van der Waals surface area contributed by atoms with Crippen molar-refractivity contribution in [1.82, 2.24) is 0 Å². The third kappa shape index (κ3) is 3.42. The SMILES string of the molecule is CC1Sc2ccc(C(=O)Nc3ccc(CC#N)cc3)cc2NC1=O. The summed E-state index contributed by atoms with van der Waals surface area (Å²) in [5, 5.41) is 14.2. The van der Waals surface area contributed by atoms with Gasteiger partial charge in [0.05, 0.1) is 23.4 Å². The molecule has 0 bridgehead atoms. The Balaban J connectivity index is 1.75. The quantitative estimate of drug-likeness (QED) is 0.899. The van der Waals surface area contributed by atoms with Gasteiger partial charge in [0.1, 0.15) is 0 Å². The van der Waals surface area contributed by atoms with E-state index in [0.717, 1.165) is 10.5 Å². The van der Waals surface area contributed by atoms with Crippen molar-refractivity contribution in [3.63, 3.8) is 0 Å². The third-order valence-electron chi connectivity index (χ3n) is 3.67. The summed E-state index contributed by atoms with van der Waals surface area (Å²) in [6.45, 7) is 1.85. The number of nitrogens with zero attached hydrogens (tertiary/aromatic N) is 1. The predicted molar refractivity (Wildman–Crippen MR) is 94.1 cm³/mol.